The third kappa shape index (κ3) is 3.17. The molecular formula is C2H3N2O5P. The molecule has 0 aromatic rings. The van der Waals surface area contributed by atoms with Crippen molar-refractivity contribution in [3.8, 4) is 0 Å². The summed E-state index contributed by atoms with van der Waals surface area (Å²) in [6.45, 7) is 0. The van der Waals surface area contributed by atoms with Crippen LogP contribution in [0, 0.1) is 0 Å². The van der Waals surface area contributed by atoms with Crippen LogP contribution in [-0.2, 0) is 9.59 Å². The molecule has 0 saturated carbocycles. The molecule has 0 amide bonds. The van der Waals surface area contributed by atoms with Gasteiger partial charge in [0.15, 0.2) is 0 Å². The molecule has 0 heterocycles. The molecule has 0 aliphatic heterocycles. The van der Waals surface area contributed by atoms with E-state index in [1.807, 2.05) is 0 Å². The third-order valence-electron chi connectivity index (χ3n) is 0.439. The summed E-state index contributed by atoms with van der Waals surface area (Å²) in [4.78, 5) is 43.8. The van der Waals surface area contributed by atoms with Crippen molar-refractivity contribution in [3.05, 3.63) is 0 Å². The van der Waals surface area contributed by atoms with E-state index in [-0.39, 0.29) is 0 Å². The Morgan fingerprint density at radius 2 is 1.30 bits per heavy atom. The Balaban J connectivity index is 4.94. The molecule has 3 N–H and O–H groups in total. The van der Waals surface area contributed by atoms with Crippen LogP contribution < -0.4 is 0 Å². The van der Waals surface area contributed by atoms with Gasteiger partial charge in [-0.05, 0) is 0 Å². The molecule has 7 nitrogen and oxygen atoms in total. The van der Waals surface area contributed by atoms with Crippen LogP contribution in [0.25, 0.3) is 0 Å². The van der Waals surface area contributed by atoms with Crippen LogP contribution in [-0.4, -0.2) is 26.8 Å². The summed E-state index contributed by atoms with van der Waals surface area (Å²) in [7, 11) is -5.76. The van der Waals surface area contributed by atoms with Crippen LogP contribution >= 0.6 is 7.59 Å². The molecule has 0 aromatic carbocycles. The Morgan fingerprint density at radius 3 is 1.50 bits per heavy atom. The van der Waals surface area contributed by atoms with Gasteiger partial charge < -0.3 is 0 Å². The molecule has 0 saturated heterocycles. The van der Waals surface area contributed by atoms with Gasteiger partial charge >= 0.3 is 53.5 Å². The van der Waals surface area contributed by atoms with E-state index in [1.165, 1.54) is 0 Å². The van der Waals surface area contributed by atoms with Crippen molar-refractivity contribution in [1.29, 1.82) is 0 Å². The Morgan fingerprint density at radius 1 is 1.00 bits per heavy atom. The average molecular weight is 166 g/mol. The van der Waals surface area contributed by atoms with Crippen LogP contribution in [0.3, 0.4) is 0 Å². The van der Waals surface area contributed by atoms with Gasteiger partial charge in [0.1, 0.15) is 0 Å². The molecule has 0 unspecified atom stereocenters. The van der Waals surface area contributed by atoms with E-state index in [0.29, 0.717) is 12.2 Å². The summed E-state index contributed by atoms with van der Waals surface area (Å²) >= 11 is 0. The number of rotatable bonds is 2. The first-order valence-electron chi connectivity index (χ1n) is 1.86. The summed E-state index contributed by atoms with van der Waals surface area (Å²) in [5, 5.41) is 0. The van der Waals surface area contributed by atoms with E-state index in [1.54, 1.807) is 0 Å². The molecular weight excluding hydrogens is 163 g/mol. The van der Waals surface area contributed by atoms with Gasteiger partial charge in [-0.3, -0.25) is 0 Å². The average Bonchev–Trinajstić information content (AvgIpc) is 1.61. The van der Waals surface area contributed by atoms with Crippen LogP contribution in [0.5, 0.6) is 0 Å². The normalized spacial score (nSPS) is 13.7. The first kappa shape index (κ1) is 9.07. The second-order valence-corrected chi connectivity index (χ2v) is 3.47. The molecule has 8 heteroatoms. The number of carbonyl (C=O) groups excluding carboxylic acids is 2. The summed E-state index contributed by atoms with van der Waals surface area (Å²) < 4.78 is 4.28. The molecule has 0 bridgehead atoms. The van der Waals surface area contributed by atoms with Crippen molar-refractivity contribution in [2.75, 3.05) is 0 Å². The second-order valence-electron chi connectivity index (χ2n) is 1.28. The minimum absolute atomic E-state index is 0.644. The van der Waals surface area contributed by atoms with E-state index < -0.39 is 7.59 Å². The zero-order valence-corrected chi connectivity index (χ0v) is 5.39. The van der Waals surface area contributed by atoms with Gasteiger partial charge in [0.05, 0.1) is 0 Å². The van der Waals surface area contributed by atoms with E-state index in [9.17, 15) is 9.59 Å². The molecule has 0 spiro atoms. The number of nitrogens with zero attached hydrogens (tertiary/aromatic N) is 2. The standard InChI is InChI=1S/C2H3N2O5P/c5-1-3-10(7,8,9)4-2-6/h7-9H. The summed E-state index contributed by atoms with van der Waals surface area (Å²) in [6.07, 6.45) is 1.29. The summed E-state index contributed by atoms with van der Waals surface area (Å²) in [6, 6.07) is 0. The Hall–Kier alpha value is -0.930. The van der Waals surface area contributed by atoms with Gasteiger partial charge in [-0.25, -0.2) is 0 Å². The van der Waals surface area contributed by atoms with Gasteiger partial charge in [-0.1, -0.05) is 0 Å². The van der Waals surface area contributed by atoms with Crippen molar-refractivity contribution in [2.24, 2.45) is 9.53 Å². The monoisotopic (exact) mass is 166 g/mol. The van der Waals surface area contributed by atoms with Gasteiger partial charge in [0.2, 0.25) is 0 Å². The summed E-state index contributed by atoms with van der Waals surface area (Å²) in [5.74, 6) is 0. The SMILES string of the molecule is O=C=NP(O)(O)(O)N=C=O. The minimum atomic E-state index is -5.76. The first-order valence-corrected chi connectivity index (χ1v) is 3.86. The number of hydrogen-bond donors (Lipinski definition) is 3. The maximum atomic E-state index is 9.37. The van der Waals surface area contributed by atoms with Gasteiger partial charge in [-0.2, -0.15) is 0 Å². The molecule has 0 aliphatic carbocycles. The van der Waals surface area contributed by atoms with Crippen molar-refractivity contribution in [1.82, 2.24) is 0 Å². The van der Waals surface area contributed by atoms with E-state index in [4.69, 9.17) is 14.7 Å². The zero-order valence-electron chi connectivity index (χ0n) is 4.50. The third-order valence-corrected chi connectivity index (χ3v) is 1.32. The molecule has 0 rings (SSSR count). The molecule has 56 valence electrons. The molecule has 0 atom stereocenters. The Kier molecular flexibility index (Phi) is 2.14. The van der Waals surface area contributed by atoms with Gasteiger partial charge in [-0.15, -0.1) is 0 Å². The Labute approximate surface area is 54.6 Å². The molecule has 0 radical (unpaired) electrons. The van der Waals surface area contributed by atoms with Gasteiger partial charge in [0, 0.05) is 0 Å². The Bertz CT molecular complexity index is 206. The van der Waals surface area contributed by atoms with Crippen molar-refractivity contribution in [3.63, 3.8) is 0 Å². The number of isocyanates is 2. The fraction of sp³-hybridized carbons (Fsp3) is 0. The fourth-order valence-corrected chi connectivity index (χ4v) is 0.505. The van der Waals surface area contributed by atoms with Crippen LogP contribution in [0.2, 0.25) is 0 Å². The zero-order chi connectivity index (χ0) is 8.28. The molecule has 0 aliphatic rings. The quantitative estimate of drug-likeness (QED) is 0.269. The second kappa shape index (κ2) is 2.36. The first-order chi connectivity index (χ1) is 4.39. The fourth-order valence-electron chi connectivity index (χ4n) is 0.168. The van der Waals surface area contributed by atoms with Crippen molar-refractivity contribution in [2.45, 2.75) is 0 Å². The van der Waals surface area contributed by atoms with E-state index in [2.05, 4.69) is 9.53 Å². The predicted molar refractivity (Wildman–Crippen MR) is 29.8 cm³/mol. The van der Waals surface area contributed by atoms with Crippen molar-refractivity contribution >= 4 is 19.7 Å². The number of hydrogen-bond acceptors (Lipinski definition) is 7. The van der Waals surface area contributed by atoms with Crippen LogP contribution in [0.1, 0.15) is 0 Å². The van der Waals surface area contributed by atoms with E-state index in [0.717, 1.165) is 0 Å². The molecule has 0 fully saturated rings. The molecule has 10 heavy (non-hydrogen) atoms. The predicted octanol–water partition coefficient (Wildman–Crippen LogP) is -1.24. The summed E-state index contributed by atoms with van der Waals surface area (Å²) in [5.41, 5.74) is 0. The van der Waals surface area contributed by atoms with Crippen LogP contribution in [0.15, 0.2) is 9.53 Å². The van der Waals surface area contributed by atoms with E-state index >= 15 is 0 Å². The topological polar surface area (TPSA) is 120 Å². The molecule has 0 aromatic heterocycles. The maximum absolute atomic E-state index is 9.37. The van der Waals surface area contributed by atoms with Gasteiger partial charge in [0.25, 0.3) is 0 Å². The van der Waals surface area contributed by atoms with Crippen LogP contribution in [0.4, 0.5) is 0 Å². The van der Waals surface area contributed by atoms with Crippen molar-refractivity contribution < 1.29 is 24.3 Å².